The SMILES string of the molecule is CNc1nc2ccc(-c3nc4n(c3C)CCC(C)C4)cc2o1. The number of imidazole rings is 1. The van der Waals surface area contributed by atoms with Gasteiger partial charge >= 0.3 is 0 Å². The molecule has 1 aliphatic heterocycles. The molecule has 5 heteroatoms. The van der Waals surface area contributed by atoms with Crippen LogP contribution in [0.5, 0.6) is 0 Å². The van der Waals surface area contributed by atoms with Crippen LogP contribution in [0.15, 0.2) is 22.6 Å². The first kappa shape index (κ1) is 13.4. The van der Waals surface area contributed by atoms with Crippen molar-refractivity contribution < 1.29 is 4.42 Å². The Morgan fingerprint density at radius 2 is 2.18 bits per heavy atom. The standard InChI is InChI=1S/C17H20N4O/c1-10-6-7-21-11(2)16(20-15(21)8-10)12-4-5-13-14(9-12)22-17(18-3)19-13/h4-5,9-10H,6-8H2,1-3H3,(H,18,19). The van der Waals surface area contributed by atoms with Crippen LogP contribution in [0, 0.1) is 12.8 Å². The predicted molar refractivity (Wildman–Crippen MR) is 87.0 cm³/mol. The van der Waals surface area contributed by atoms with E-state index in [2.05, 4.69) is 34.8 Å². The van der Waals surface area contributed by atoms with Crippen LogP contribution in [0.1, 0.15) is 24.9 Å². The highest BCUT2D eigenvalue weighted by atomic mass is 16.4. The lowest BCUT2D eigenvalue weighted by Gasteiger charge is -2.20. The molecular weight excluding hydrogens is 276 g/mol. The zero-order valence-corrected chi connectivity index (χ0v) is 13.2. The molecule has 0 amide bonds. The highest BCUT2D eigenvalue weighted by molar-refractivity contribution is 5.81. The molecule has 1 aromatic carbocycles. The number of hydrogen-bond acceptors (Lipinski definition) is 4. The van der Waals surface area contributed by atoms with Crippen LogP contribution in [-0.4, -0.2) is 21.6 Å². The molecule has 1 unspecified atom stereocenters. The Morgan fingerprint density at radius 3 is 3.00 bits per heavy atom. The van der Waals surface area contributed by atoms with Crippen LogP contribution in [-0.2, 0) is 13.0 Å². The summed E-state index contributed by atoms with van der Waals surface area (Å²) in [5.74, 6) is 1.93. The molecule has 0 saturated heterocycles. The van der Waals surface area contributed by atoms with E-state index >= 15 is 0 Å². The number of oxazole rings is 1. The summed E-state index contributed by atoms with van der Waals surface area (Å²) in [6, 6.07) is 6.65. The van der Waals surface area contributed by atoms with Crippen molar-refractivity contribution >= 4 is 17.1 Å². The van der Waals surface area contributed by atoms with E-state index in [1.54, 1.807) is 7.05 Å². The Morgan fingerprint density at radius 1 is 1.32 bits per heavy atom. The predicted octanol–water partition coefficient (Wildman–Crippen LogP) is 3.62. The fourth-order valence-corrected chi connectivity index (χ4v) is 3.26. The maximum Gasteiger partial charge on any atom is 0.295 e. The van der Waals surface area contributed by atoms with Crippen LogP contribution < -0.4 is 5.32 Å². The summed E-state index contributed by atoms with van der Waals surface area (Å²) in [6.07, 6.45) is 2.30. The van der Waals surface area contributed by atoms with Gasteiger partial charge in [0, 0.05) is 31.3 Å². The minimum absolute atomic E-state index is 0.543. The van der Waals surface area contributed by atoms with Gasteiger partial charge in [-0.25, -0.2) is 4.98 Å². The van der Waals surface area contributed by atoms with Gasteiger partial charge in [-0.2, -0.15) is 4.98 Å². The average Bonchev–Trinajstić information content (AvgIpc) is 3.07. The summed E-state index contributed by atoms with van der Waals surface area (Å²) >= 11 is 0. The Balaban J connectivity index is 1.81. The van der Waals surface area contributed by atoms with E-state index in [0.717, 1.165) is 41.2 Å². The van der Waals surface area contributed by atoms with E-state index in [1.165, 1.54) is 17.9 Å². The zero-order chi connectivity index (χ0) is 15.3. The molecule has 0 spiro atoms. The minimum atomic E-state index is 0.543. The van der Waals surface area contributed by atoms with E-state index in [9.17, 15) is 0 Å². The topological polar surface area (TPSA) is 55.9 Å². The second kappa shape index (κ2) is 4.87. The van der Waals surface area contributed by atoms with Crippen LogP contribution in [0.4, 0.5) is 6.01 Å². The van der Waals surface area contributed by atoms with Gasteiger partial charge in [-0.1, -0.05) is 13.0 Å². The molecule has 5 nitrogen and oxygen atoms in total. The first-order chi connectivity index (χ1) is 10.7. The number of nitrogens with zero attached hydrogens (tertiary/aromatic N) is 3. The summed E-state index contributed by atoms with van der Waals surface area (Å²) in [7, 11) is 1.81. The smallest absolute Gasteiger partial charge is 0.295 e. The number of fused-ring (bicyclic) bond motifs is 2. The van der Waals surface area contributed by atoms with Crippen LogP contribution in [0.3, 0.4) is 0 Å². The van der Waals surface area contributed by atoms with E-state index in [0.29, 0.717) is 6.01 Å². The van der Waals surface area contributed by atoms with Crippen LogP contribution in [0.2, 0.25) is 0 Å². The molecule has 1 atom stereocenters. The first-order valence-electron chi connectivity index (χ1n) is 7.80. The van der Waals surface area contributed by atoms with Crippen LogP contribution >= 0.6 is 0 Å². The Labute approximate surface area is 129 Å². The van der Waals surface area contributed by atoms with Gasteiger partial charge in [0.25, 0.3) is 6.01 Å². The summed E-state index contributed by atoms with van der Waals surface area (Å²) in [5, 5.41) is 2.93. The molecule has 114 valence electrons. The monoisotopic (exact) mass is 296 g/mol. The maximum absolute atomic E-state index is 5.68. The molecule has 22 heavy (non-hydrogen) atoms. The zero-order valence-electron chi connectivity index (χ0n) is 13.2. The summed E-state index contributed by atoms with van der Waals surface area (Å²) in [5.41, 5.74) is 5.06. The summed E-state index contributed by atoms with van der Waals surface area (Å²) in [6.45, 7) is 5.53. The molecule has 2 aromatic heterocycles. The van der Waals surface area contributed by atoms with Crippen molar-refractivity contribution in [3.63, 3.8) is 0 Å². The minimum Gasteiger partial charge on any atom is -0.424 e. The lowest BCUT2D eigenvalue weighted by molar-refractivity contribution is 0.405. The molecule has 0 saturated carbocycles. The van der Waals surface area contributed by atoms with Gasteiger partial charge in [0.2, 0.25) is 0 Å². The van der Waals surface area contributed by atoms with Gasteiger partial charge in [0.15, 0.2) is 5.58 Å². The molecule has 3 aromatic rings. The lowest BCUT2D eigenvalue weighted by Crippen LogP contribution is -2.17. The third kappa shape index (κ3) is 2.00. The number of benzene rings is 1. The van der Waals surface area contributed by atoms with E-state index < -0.39 is 0 Å². The van der Waals surface area contributed by atoms with E-state index in [1.807, 2.05) is 12.1 Å². The Kier molecular flexibility index (Phi) is 2.96. The summed E-state index contributed by atoms with van der Waals surface area (Å²) in [4.78, 5) is 9.25. The second-order valence-electron chi connectivity index (χ2n) is 6.16. The Hall–Kier alpha value is -2.30. The van der Waals surface area contributed by atoms with Crippen molar-refractivity contribution in [3.05, 3.63) is 29.7 Å². The fraction of sp³-hybridized carbons (Fsp3) is 0.412. The fourth-order valence-electron chi connectivity index (χ4n) is 3.26. The van der Waals surface area contributed by atoms with Crippen molar-refractivity contribution in [2.45, 2.75) is 33.2 Å². The van der Waals surface area contributed by atoms with Gasteiger partial charge in [-0.15, -0.1) is 0 Å². The highest BCUT2D eigenvalue weighted by Crippen LogP contribution is 2.31. The van der Waals surface area contributed by atoms with Gasteiger partial charge in [0.05, 0.1) is 5.69 Å². The largest absolute Gasteiger partial charge is 0.424 e. The molecule has 4 rings (SSSR count). The van der Waals surface area contributed by atoms with Crippen molar-refractivity contribution in [1.82, 2.24) is 14.5 Å². The first-order valence-corrected chi connectivity index (χ1v) is 7.80. The van der Waals surface area contributed by atoms with Gasteiger partial charge in [0.1, 0.15) is 11.3 Å². The van der Waals surface area contributed by atoms with Crippen molar-refractivity contribution in [2.24, 2.45) is 5.92 Å². The molecule has 1 aliphatic rings. The number of anilines is 1. The van der Waals surface area contributed by atoms with Crippen LogP contribution in [0.25, 0.3) is 22.4 Å². The number of nitrogens with one attached hydrogen (secondary N) is 1. The quantitative estimate of drug-likeness (QED) is 0.784. The molecule has 0 bridgehead atoms. The third-order valence-corrected chi connectivity index (χ3v) is 4.55. The third-order valence-electron chi connectivity index (χ3n) is 4.55. The molecule has 1 N–H and O–H groups in total. The number of hydrogen-bond donors (Lipinski definition) is 1. The van der Waals surface area contributed by atoms with Crippen molar-refractivity contribution in [3.8, 4) is 11.3 Å². The molecule has 0 aliphatic carbocycles. The maximum atomic E-state index is 5.68. The average molecular weight is 296 g/mol. The van der Waals surface area contributed by atoms with Crippen molar-refractivity contribution in [1.29, 1.82) is 0 Å². The van der Waals surface area contributed by atoms with E-state index in [-0.39, 0.29) is 0 Å². The molecular formula is C17H20N4O. The lowest BCUT2D eigenvalue weighted by atomic mass is 10.0. The number of aromatic nitrogens is 3. The normalized spacial score (nSPS) is 17.7. The summed E-state index contributed by atoms with van der Waals surface area (Å²) < 4.78 is 8.04. The Bertz CT molecular complexity index is 846. The van der Waals surface area contributed by atoms with Gasteiger partial charge in [-0.3, -0.25) is 0 Å². The van der Waals surface area contributed by atoms with Gasteiger partial charge < -0.3 is 14.3 Å². The highest BCUT2D eigenvalue weighted by Gasteiger charge is 2.21. The van der Waals surface area contributed by atoms with Crippen molar-refractivity contribution in [2.75, 3.05) is 12.4 Å². The van der Waals surface area contributed by atoms with E-state index in [4.69, 9.17) is 9.40 Å². The number of rotatable bonds is 2. The molecule has 3 heterocycles. The molecule has 0 radical (unpaired) electrons. The van der Waals surface area contributed by atoms with Gasteiger partial charge in [-0.05, 0) is 31.4 Å². The molecule has 0 fully saturated rings. The second-order valence-corrected chi connectivity index (χ2v) is 6.16.